The van der Waals surface area contributed by atoms with Crippen LogP contribution in [0.1, 0.15) is 43.7 Å². The Labute approximate surface area is 154 Å². The number of aliphatic hydroxyl groups excluding tert-OH is 1. The number of guanidine groups is 1. The predicted octanol–water partition coefficient (Wildman–Crippen LogP) is 1.98. The van der Waals surface area contributed by atoms with Gasteiger partial charge in [-0.15, -0.1) is 0 Å². The molecule has 4 N–H and O–H groups in total. The number of ether oxygens (including phenoxy) is 2. The second-order valence-electron chi connectivity index (χ2n) is 7.82. The largest absolute Gasteiger partial charge is 0.493 e. The molecular weight excluding hydrogens is 330 g/mol. The van der Waals surface area contributed by atoms with Gasteiger partial charge < -0.3 is 25.6 Å². The maximum absolute atomic E-state index is 10.8. The zero-order valence-corrected chi connectivity index (χ0v) is 15.2. The molecule has 26 heavy (non-hydrogen) atoms. The summed E-state index contributed by atoms with van der Waals surface area (Å²) in [5, 5.41) is 14.2. The van der Waals surface area contributed by atoms with Crippen LogP contribution in [-0.2, 0) is 4.74 Å². The Bertz CT molecular complexity index is 657. The number of nitrogens with one attached hydrogen (secondary N) is 1. The monoisotopic (exact) mass is 359 g/mol. The van der Waals surface area contributed by atoms with Gasteiger partial charge in [0, 0.05) is 43.1 Å². The Morgan fingerprint density at radius 1 is 1.19 bits per heavy atom. The minimum absolute atomic E-state index is 0.0419. The highest BCUT2D eigenvalue weighted by Gasteiger charge is 2.47. The summed E-state index contributed by atoms with van der Waals surface area (Å²) < 4.78 is 11.2. The molecule has 1 aromatic carbocycles. The Balaban J connectivity index is 1.36. The average Bonchev–Trinajstić information content (AvgIpc) is 2.96. The van der Waals surface area contributed by atoms with Crippen LogP contribution in [0.4, 0.5) is 0 Å². The topological polar surface area (TPSA) is 89.1 Å². The van der Waals surface area contributed by atoms with Crippen LogP contribution >= 0.6 is 0 Å². The first-order valence-electron chi connectivity index (χ1n) is 9.72. The van der Waals surface area contributed by atoms with Crippen molar-refractivity contribution in [3.63, 3.8) is 0 Å². The van der Waals surface area contributed by atoms with Crippen molar-refractivity contribution in [3.05, 3.63) is 29.8 Å². The molecule has 3 atom stereocenters. The van der Waals surface area contributed by atoms with E-state index in [-0.39, 0.29) is 23.5 Å². The molecule has 142 valence electrons. The van der Waals surface area contributed by atoms with Crippen LogP contribution in [0.2, 0.25) is 0 Å². The number of hydrogen-bond donors (Lipinski definition) is 3. The Hall–Kier alpha value is -1.79. The van der Waals surface area contributed by atoms with E-state index in [1.165, 1.54) is 0 Å². The van der Waals surface area contributed by atoms with Crippen molar-refractivity contribution in [2.24, 2.45) is 22.1 Å². The van der Waals surface area contributed by atoms with Crippen molar-refractivity contribution in [1.82, 2.24) is 5.32 Å². The lowest BCUT2D eigenvalue weighted by Crippen LogP contribution is -2.40. The molecule has 1 aliphatic carbocycles. The number of nitrogens with zero attached hydrogens (tertiary/aromatic N) is 1. The van der Waals surface area contributed by atoms with E-state index in [2.05, 4.69) is 16.4 Å². The number of rotatable bonds is 3. The van der Waals surface area contributed by atoms with Gasteiger partial charge in [0.1, 0.15) is 5.75 Å². The first kappa shape index (κ1) is 17.6. The Morgan fingerprint density at radius 2 is 2.00 bits per heavy atom. The lowest BCUT2D eigenvalue weighted by molar-refractivity contribution is -0.0548. The third kappa shape index (κ3) is 3.40. The molecule has 0 amide bonds. The van der Waals surface area contributed by atoms with Gasteiger partial charge in [-0.2, -0.15) is 0 Å². The van der Waals surface area contributed by atoms with Crippen LogP contribution < -0.4 is 15.8 Å². The van der Waals surface area contributed by atoms with Crippen LogP contribution in [0, 0.1) is 11.3 Å². The SMILES string of the molecule is NC(=NCC1CCC2(CCOCC2)C1O)NC1CCOc2ccccc21. The summed E-state index contributed by atoms with van der Waals surface area (Å²) in [6.07, 6.45) is 4.56. The van der Waals surface area contributed by atoms with Gasteiger partial charge in [0.25, 0.3) is 0 Å². The number of benzene rings is 1. The molecule has 1 saturated heterocycles. The number of nitrogens with two attached hydrogens (primary N) is 1. The highest BCUT2D eigenvalue weighted by atomic mass is 16.5. The molecule has 4 rings (SSSR count). The second-order valence-corrected chi connectivity index (χ2v) is 7.82. The van der Waals surface area contributed by atoms with Gasteiger partial charge in [0.05, 0.1) is 18.8 Å². The fraction of sp³-hybridized carbons (Fsp3) is 0.650. The molecule has 0 radical (unpaired) electrons. The number of para-hydroxylation sites is 1. The summed E-state index contributed by atoms with van der Waals surface area (Å²) in [4.78, 5) is 4.55. The van der Waals surface area contributed by atoms with E-state index in [0.717, 1.165) is 56.6 Å². The van der Waals surface area contributed by atoms with Gasteiger partial charge in [-0.3, -0.25) is 4.99 Å². The number of fused-ring (bicyclic) bond motifs is 1. The molecule has 1 saturated carbocycles. The van der Waals surface area contributed by atoms with E-state index in [4.69, 9.17) is 15.2 Å². The van der Waals surface area contributed by atoms with Gasteiger partial charge in [0.2, 0.25) is 0 Å². The summed E-state index contributed by atoms with van der Waals surface area (Å²) in [7, 11) is 0. The fourth-order valence-electron chi connectivity index (χ4n) is 4.73. The molecule has 2 heterocycles. The van der Waals surface area contributed by atoms with Crippen molar-refractivity contribution in [2.45, 2.75) is 44.2 Å². The minimum atomic E-state index is -0.299. The molecule has 2 aliphatic heterocycles. The van der Waals surface area contributed by atoms with E-state index < -0.39 is 0 Å². The van der Waals surface area contributed by atoms with Gasteiger partial charge in [-0.05, 0) is 31.7 Å². The first-order valence-corrected chi connectivity index (χ1v) is 9.72. The molecule has 0 bridgehead atoms. The molecule has 1 spiro atoms. The zero-order chi connectivity index (χ0) is 18.0. The molecule has 3 aliphatic rings. The first-order chi connectivity index (χ1) is 12.7. The van der Waals surface area contributed by atoms with Gasteiger partial charge in [-0.1, -0.05) is 18.2 Å². The predicted molar refractivity (Wildman–Crippen MR) is 100 cm³/mol. The quantitative estimate of drug-likeness (QED) is 0.567. The molecule has 3 unspecified atom stereocenters. The van der Waals surface area contributed by atoms with E-state index in [9.17, 15) is 5.11 Å². The van der Waals surface area contributed by atoms with Crippen molar-refractivity contribution >= 4 is 5.96 Å². The number of aliphatic hydroxyl groups is 1. The number of hydrogen-bond acceptors (Lipinski definition) is 4. The minimum Gasteiger partial charge on any atom is -0.493 e. The second kappa shape index (κ2) is 7.45. The zero-order valence-electron chi connectivity index (χ0n) is 15.2. The van der Waals surface area contributed by atoms with Gasteiger partial charge >= 0.3 is 0 Å². The summed E-state index contributed by atoms with van der Waals surface area (Å²) in [5.74, 6) is 1.55. The molecule has 1 aromatic rings. The smallest absolute Gasteiger partial charge is 0.189 e. The van der Waals surface area contributed by atoms with E-state index in [0.29, 0.717) is 19.1 Å². The number of aliphatic imine (C=N–C) groups is 1. The van der Waals surface area contributed by atoms with E-state index in [1.807, 2.05) is 18.2 Å². The van der Waals surface area contributed by atoms with Crippen molar-refractivity contribution in [2.75, 3.05) is 26.4 Å². The maximum Gasteiger partial charge on any atom is 0.189 e. The van der Waals surface area contributed by atoms with Crippen LogP contribution in [0.15, 0.2) is 29.3 Å². The normalized spacial score (nSPS) is 30.7. The highest BCUT2D eigenvalue weighted by Crippen LogP contribution is 2.48. The van der Waals surface area contributed by atoms with Gasteiger partial charge in [-0.25, -0.2) is 0 Å². The summed E-state index contributed by atoms with van der Waals surface area (Å²) in [6, 6.07) is 8.16. The lowest BCUT2D eigenvalue weighted by Gasteiger charge is -2.37. The van der Waals surface area contributed by atoms with Crippen LogP contribution in [-0.4, -0.2) is 43.5 Å². The Kier molecular flexibility index (Phi) is 5.05. The maximum atomic E-state index is 10.8. The Morgan fingerprint density at radius 3 is 2.85 bits per heavy atom. The summed E-state index contributed by atoms with van der Waals surface area (Å²) in [5.41, 5.74) is 7.32. The van der Waals surface area contributed by atoms with Crippen LogP contribution in [0.3, 0.4) is 0 Å². The van der Waals surface area contributed by atoms with Crippen molar-refractivity contribution < 1.29 is 14.6 Å². The average molecular weight is 359 g/mol. The standard InChI is InChI=1S/C20H29N3O3/c21-19(23-16-6-10-26-17-4-2-1-3-15(16)17)22-13-14-5-7-20(18(14)24)8-11-25-12-9-20/h1-4,14,16,18,24H,5-13H2,(H3,21,22,23). The summed E-state index contributed by atoms with van der Waals surface area (Å²) >= 11 is 0. The summed E-state index contributed by atoms with van der Waals surface area (Å²) in [6.45, 7) is 2.78. The van der Waals surface area contributed by atoms with Crippen LogP contribution in [0.25, 0.3) is 0 Å². The molecular formula is C20H29N3O3. The fourth-order valence-corrected chi connectivity index (χ4v) is 4.73. The molecule has 6 heteroatoms. The molecule has 2 fully saturated rings. The molecule has 0 aromatic heterocycles. The lowest BCUT2D eigenvalue weighted by atomic mass is 9.76. The highest BCUT2D eigenvalue weighted by molar-refractivity contribution is 5.78. The van der Waals surface area contributed by atoms with Gasteiger partial charge in [0.15, 0.2) is 5.96 Å². The third-order valence-corrected chi connectivity index (χ3v) is 6.35. The van der Waals surface area contributed by atoms with E-state index in [1.54, 1.807) is 0 Å². The third-order valence-electron chi connectivity index (χ3n) is 6.35. The molecule has 6 nitrogen and oxygen atoms in total. The van der Waals surface area contributed by atoms with E-state index >= 15 is 0 Å². The van der Waals surface area contributed by atoms with Crippen LogP contribution in [0.5, 0.6) is 5.75 Å². The van der Waals surface area contributed by atoms with Crippen molar-refractivity contribution in [1.29, 1.82) is 0 Å². The van der Waals surface area contributed by atoms with Crippen molar-refractivity contribution in [3.8, 4) is 5.75 Å².